The van der Waals surface area contributed by atoms with Gasteiger partial charge in [-0.25, -0.2) is 24.0 Å². The summed E-state index contributed by atoms with van der Waals surface area (Å²) in [5, 5.41) is 7.60. The van der Waals surface area contributed by atoms with E-state index in [0.29, 0.717) is 72.2 Å². The Bertz CT molecular complexity index is 1360. The van der Waals surface area contributed by atoms with Gasteiger partial charge in [0.05, 0.1) is 98.8 Å². The van der Waals surface area contributed by atoms with Gasteiger partial charge in [-0.05, 0) is 20.8 Å². The molecule has 0 aromatic rings. The Labute approximate surface area is 383 Å². The number of epoxide rings is 3. The minimum absolute atomic E-state index is 0.201. The molecule has 0 aromatic heterocycles. The van der Waals surface area contributed by atoms with E-state index >= 15 is 0 Å². The maximum atomic E-state index is 10.8. The first kappa shape index (κ1) is 62.7. The molecule has 4 saturated heterocycles. The van der Waals surface area contributed by atoms with Crippen molar-refractivity contribution in [1.29, 1.82) is 0 Å². The maximum Gasteiger partial charge on any atom is 0.508 e. The van der Waals surface area contributed by atoms with Crippen molar-refractivity contribution in [3.8, 4) is 0 Å². The topological polar surface area (TPSA) is 297 Å². The molecule has 0 aromatic carbocycles. The Kier molecular flexibility index (Phi) is 41.4. The fourth-order valence-electron chi connectivity index (χ4n) is 3.55. The zero-order valence-corrected chi connectivity index (χ0v) is 37.6. The van der Waals surface area contributed by atoms with Crippen molar-refractivity contribution < 1.29 is 114 Å². The van der Waals surface area contributed by atoms with Crippen LogP contribution in [0.3, 0.4) is 0 Å². The zero-order chi connectivity index (χ0) is 49.8. The second-order valence-electron chi connectivity index (χ2n) is 12.4. The molecular weight excluding hydrogens is 888 g/mol. The molecule has 0 bridgehead atoms. The van der Waals surface area contributed by atoms with Crippen LogP contribution in [0.15, 0.2) is 63.5 Å². The summed E-state index contributed by atoms with van der Waals surface area (Å²) >= 11 is 0. The van der Waals surface area contributed by atoms with Gasteiger partial charge in [0, 0.05) is 24.3 Å². The van der Waals surface area contributed by atoms with Crippen LogP contribution in [0.2, 0.25) is 0 Å². The quantitative estimate of drug-likeness (QED) is 0.0197. The second kappa shape index (κ2) is 43.5. The standard InChI is InChI=1S/C11H16O7.2C10H16O5.C7H12O3.C3H4O2.CO2/c1-3-10(12)17-8(2)15-5-4-14-6-9-7-16-11(13)18-9;2*1-3-10(11)15-8(2)13-5-4-12-6-9-7-14-9;1-2-8-3-4-9-5-7-6-10-7;1-2-3(4)5;2-1-3/h3,8-9H,1,4-7H2,2H3;2*3,8-9H,1,4-7H2,2H3;2,7H,1,3-6H2;2H,1H2,(H,4,5);. The largest absolute Gasteiger partial charge is 0.508 e. The van der Waals surface area contributed by atoms with Crippen molar-refractivity contribution in [3.63, 3.8) is 0 Å². The van der Waals surface area contributed by atoms with E-state index in [1.165, 1.54) is 6.26 Å². The lowest BCUT2D eigenvalue weighted by Crippen LogP contribution is -2.22. The summed E-state index contributed by atoms with van der Waals surface area (Å²) in [5.41, 5.74) is 0. The molecule has 4 heterocycles. The van der Waals surface area contributed by atoms with Gasteiger partial charge in [0.15, 0.2) is 6.10 Å². The molecule has 0 aliphatic carbocycles. The average molecular weight is 953 g/mol. The Balaban J connectivity index is 0. The molecule has 4 fully saturated rings. The van der Waals surface area contributed by atoms with Crippen LogP contribution in [0.1, 0.15) is 20.8 Å². The lowest BCUT2D eigenvalue weighted by Gasteiger charge is -2.13. The van der Waals surface area contributed by atoms with Crippen LogP contribution >= 0.6 is 0 Å². The number of aliphatic carboxylic acids is 1. The molecule has 376 valence electrons. The van der Waals surface area contributed by atoms with Crippen molar-refractivity contribution in [2.24, 2.45) is 0 Å². The van der Waals surface area contributed by atoms with Gasteiger partial charge >= 0.3 is 36.2 Å². The van der Waals surface area contributed by atoms with Crippen molar-refractivity contribution >= 4 is 36.2 Å². The van der Waals surface area contributed by atoms with E-state index < -0.39 is 48.9 Å². The van der Waals surface area contributed by atoms with Crippen molar-refractivity contribution in [2.45, 2.75) is 64.1 Å². The van der Waals surface area contributed by atoms with Crippen molar-refractivity contribution in [2.75, 3.05) is 106 Å². The summed E-state index contributed by atoms with van der Waals surface area (Å²) in [6.45, 7) is 29.3. The van der Waals surface area contributed by atoms with Gasteiger partial charge in [-0.1, -0.05) is 32.9 Å². The second-order valence-corrected chi connectivity index (χ2v) is 12.4. The monoisotopic (exact) mass is 952 g/mol. The van der Waals surface area contributed by atoms with E-state index in [1.807, 2.05) is 0 Å². The summed E-state index contributed by atoms with van der Waals surface area (Å²) in [6, 6.07) is 0. The number of cyclic esters (lactones) is 2. The Morgan fingerprint density at radius 1 is 0.576 bits per heavy atom. The SMILES string of the molecule is C=CC(=O)O.C=CC(=O)OC(C)OCCOCC1CO1.C=CC(=O)OC(C)OCCOCC1CO1.C=CC(=O)OC(C)OCCOCC1COC(=O)O1.C=COCCOCC1CO1.O=C=O. The third-order valence-electron chi connectivity index (χ3n) is 6.80. The molecule has 4 rings (SSSR count). The van der Waals surface area contributed by atoms with E-state index in [1.54, 1.807) is 20.8 Å². The molecule has 24 nitrogen and oxygen atoms in total. The van der Waals surface area contributed by atoms with Gasteiger partial charge in [0.25, 0.3) is 0 Å². The van der Waals surface area contributed by atoms with Crippen LogP contribution in [0.5, 0.6) is 0 Å². The summed E-state index contributed by atoms with van der Waals surface area (Å²) in [7, 11) is 0. The number of hydrogen-bond donors (Lipinski definition) is 1. The van der Waals surface area contributed by atoms with E-state index in [0.717, 1.165) is 44.1 Å². The maximum absolute atomic E-state index is 10.8. The molecular formula is C42H64O24. The predicted octanol–water partition coefficient (Wildman–Crippen LogP) is 1.85. The van der Waals surface area contributed by atoms with Gasteiger partial charge < -0.3 is 80.9 Å². The van der Waals surface area contributed by atoms with Crippen molar-refractivity contribution in [3.05, 3.63) is 63.5 Å². The molecule has 7 unspecified atom stereocenters. The van der Waals surface area contributed by atoms with Gasteiger partial charge in [-0.2, -0.15) is 9.59 Å². The number of rotatable bonds is 31. The lowest BCUT2D eigenvalue weighted by atomic mass is 10.4. The molecule has 7 atom stereocenters. The molecule has 0 spiro atoms. The number of ether oxygens (including phenoxy) is 16. The minimum atomic E-state index is -0.981. The van der Waals surface area contributed by atoms with E-state index in [4.69, 9.17) is 85.7 Å². The number of carboxylic acids is 1. The molecule has 0 amide bonds. The highest BCUT2D eigenvalue weighted by molar-refractivity contribution is 5.82. The number of hydrogen-bond acceptors (Lipinski definition) is 23. The highest BCUT2D eigenvalue weighted by Crippen LogP contribution is 2.10. The molecule has 24 heteroatoms. The van der Waals surface area contributed by atoms with Crippen LogP contribution in [0.25, 0.3) is 0 Å². The Hall–Kier alpha value is -5.37. The molecule has 4 aliphatic rings. The first-order chi connectivity index (χ1) is 31.7. The normalized spacial score (nSPS) is 18.8. The molecule has 1 N–H and O–H groups in total. The molecule has 4 aliphatic heterocycles. The number of carboxylic acid groups (broad SMARTS) is 1. The number of carbonyl (C=O) groups excluding carboxylic acids is 6. The highest BCUT2D eigenvalue weighted by Gasteiger charge is 2.25. The fraction of sp³-hybridized carbons (Fsp3) is 0.619. The summed E-state index contributed by atoms with van der Waals surface area (Å²) < 4.78 is 79.6. The van der Waals surface area contributed by atoms with Crippen LogP contribution < -0.4 is 0 Å². The minimum Gasteiger partial charge on any atom is -0.499 e. The van der Waals surface area contributed by atoms with Gasteiger partial charge in [0.2, 0.25) is 18.9 Å². The highest BCUT2D eigenvalue weighted by atomic mass is 16.8. The van der Waals surface area contributed by atoms with Crippen molar-refractivity contribution in [1.82, 2.24) is 0 Å². The van der Waals surface area contributed by atoms with Crippen LogP contribution in [0.4, 0.5) is 4.79 Å². The summed E-state index contributed by atoms with van der Waals surface area (Å²) in [4.78, 5) is 68.4. The van der Waals surface area contributed by atoms with Crippen LogP contribution in [-0.4, -0.2) is 190 Å². The fourth-order valence-corrected chi connectivity index (χ4v) is 3.55. The third-order valence-corrected chi connectivity index (χ3v) is 6.80. The first-order valence-corrected chi connectivity index (χ1v) is 20.1. The van der Waals surface area contributed by atoms with E-state index in [9.17, 15) is 24.0 Å². The predicted molar refractivity (Wildman–Crippen MR) is 223 cm³/mol. The van der Waals surface area contributed by atoms with E-state index in [2.05, 4.69) is 37.6 Å². The summed E-state index contributed by atoms with van der Waals surface area (Å²) in [6.07, 6.45) is 3.78. The molecule has 0 radical (unpaired) electrons. The average Bonchev–Trinajstić information content (AvgIpc) is 4.18. The van der Waals surface area contributed by atoms with Crippen LogP contribution in [-0.2, 0) is 105 Å². The smallest absolute Gasteiger partial charge is 0.499 e. The number of carbonyl (C=O) groups is 5. The Morgan fingerprint density at radius 3 is 1.12 bits per heavy atom. The van der Waals surface area contributed by atoms with Gasteiger partial charge in [0.1, 0.15) is 31.5 Å². The third kappa shape index (κ3) is 48.1. The van der Waals surface area contributed by atoms with Crippen LogP contribution in [0, 0.1) is 0 Å². The first-order valence-electron chi connectivity index (χ1n) is 20.1. The van der Waals surface area contributed by atoms with Gasteiger partial charge in [-0.3, -0.25) is 0 Å². The Morgan fingerprint density at radius 2 is 0.879 bits per heavy atom. The van der Waals surface area contributed by atoms with E-state index in [-0.39, 0.29) is 44.3 Å². The molecule has 66 heavy (non-hydrogen) atoms. The zero-order valence-electron chi connectivity index (χ0n) is 37.6. The lowest BCUT2D eigenvalue weighted by molar-refractivity contribution is -0.192. The number of esters is 3. The summed E-state index contributed by atoms with van der Waals surface area (Å²) in [5.74, 6) is -2.51. The van der Waals surface area contributed by atoms with Gasteiger partial charge in [-0.15, -0.1) is 0 Å². The molecule has 0 saturated carbocycles.